The Morgan fingerprint density at radius 2 is 2.05 bits per heavy atom. The Hall–Kier alpha value is -1.95. The highest BCUT2D eigenvalue weighted by atomic mass is 19.1. The van der Waals surface area contributed by atoms with Crippen LogP contribution in [0.5, 0.6) is 0 Å². The number of ether oxygens (including phenoxy) is 1. The van der Waals surface area contributed by atoms with Crippen LogP contribution in [0.1, 0.15) is 24.8 Å². The minimum Gasteiger partial charge on any atom is -0.480 e. The molecule has 0 aromatic heterocycles. The van der Waals surface area contributed by atoms with Gasteiger partial charge in [0, 0.05) is 26.2 Å². The largest absolute Gasteiger partial charge is 0.480 e. The van der Waals surface area contributed by atoms with Crippen LogP contribution in [0.25, 0.3) is 0 Å². The summed E-state index contributed by atoms with van der Waals surface area (Å²) in [7, 11) is 0. The zero-order chi connectivity index (χ0) is 15.9. The number of carbonyl (C=O) groups is 2. The second kappa shape index (κ2) is 7.89. The maximum absolute atomic E-state index is 12.9. The number of carboxylic acid groups (broad SMARTS) is 1. The van der Waals surface area contributed by atoms with Crippen molar-refractivity contribution in [3.8, 4) is 0 Å². The fourth-order valence-electron chi connectivity index (χ4n) is 2.50. The van der Waals surface area contributed by atoms with Crippen molar-refractivity contribution >= 4 is 11.9 Å². The highest BCUT2D eigenvalue weighted by Crippen LogP contribution is 2.19. The molecule has 1 atom stereocenters. The van der Waals surface area contributed by atoms with Gasteiger partial charge in [-0.2, -0.15) is 0 Å². The van der Waals surface area contributed by atoms with Crippen LogP contribution in [-0.2, 0) is 20.9 Å². The van der Waals surface area contributed by atoms with Crippen molar-refractivity contribution in [2.24, 2.45) is 5.92 Å². The fraction of sp³-hybridized carbons (Fsp3) is 0.500. The molecule has 6 heteroatoms. The van der Waals surface area contributed by atoms with Crippen molar-refractivity contribution in [3.05, 3.63) is 35.6 Å². The lowest BCUT2D eigenvalue weighted by atomic mass is 10.0. The zero-order valence-electron chi connectivity index (χ0n) is 12.3. The lowest BCUT2D eigenvalue weighted by molar-refractivity contribution is -0.145. The van der Waals surface area contributed by atoms with Crippen LogP contribution in [0.2, 0.25) is 0 Å². The highest BCUT2D eigenvalue weighted by molar-refractivity contribution is 5.81. The van der Waals surface area contributed by atoms with Crippen molar-refractivity contribution in [1.82, 2.24) is 4.90 Å². The Kier molecular flexibility index (Phi) is 5.89. The minimum atomic E-state index is -1.06. The molecule has 2 rings (SSSR count). The molecule has 1 aromatic rings. The number of benzene rings is 1. The predicted molar refractivity (Wildman–Crippen MR) is 77.6 cm³/mol. The van der Waals surface area contributed by atoms with Gasteiger partial charge in [0.05, 0.1) is 0 Å². The summed E-state index contributed by atoms with van der Waals surface area (Å²) in [6.45, 7) is 1.22. The molecule has 1 aliphatic heterocycles. The first-order valence-corrected chi connectivity index (χ1v) is 7.36. The van der Waals surface area contributed by atoms with Gasteiger partial charge in [-0.3, -0.25) is 9.59 Å². The molecular formula is C16H20FNO4. The van der Waals surface area contributed by atoms with Gasteiger partial charge in [0.1, 0.15) is 12.4 Å². The molecule has 1 fully saturated rings. The Labute approximate surface area is 128 Å². The molecule has 1 saturated heterocycles. The fourth-order valence-corrected chi connectivity index (χ4v) is 2.50. The molecule has 0 aliphatic carbocycles. The highest BCUT2D eigenvalue weighted by Gasteiger charge is 2.21. The molecular weight excluding hydrogens is 289 g/mol. The third-order valence-corrected chi connectivity index (χ3v) is 3.76. The summed E-state index contributed by atoms with van der Waals surface area (Å²) in [5, 5.41) is 8.96. The summed E-state index contributed by atoms with van der Waals surface area (Å²) in [6, 6.07) is 5.72. The summed E-state index contributed by atoms with van der Waals surface area (Å²) in [6.07, 6.45) is 1.96. The van der Waals surface area contributed by atoms with E-state index < -0.39 is 5.97 Å². The number of nitrogens with zero attached hydrogens (tertiary/aromatic N) is 1. The molecule has 1 N–H and O–H groups in total. The smallest absolute Gasteiger partial charge is 0.323 e. The van der Waals surface area contributed by atoms with E-state index in [9.17, 15) is 14.0 Å². The number of halogens is 1. The number of amides is 1. The predicted octanol–water partition coefficient (Wildman–Crippen LogP) is 2.06. The molecule has 1 aromatic carbocycles. The maximum atomic E-state index is 12.9. The van der Waals surface area contributed by atoms with Crippen LogP contribution in [0.4, 0.5) is 4.39 Å². The Morgan fingerprint density at radius 3 is 2.64 bits per heavy atom. The standard InChI is InChI=1S/C16H20FNO4/c17-14-4-1-12(2-5-14)9-18(10-16(20)21)15(19)6-3-13-7-8-22-11-13/h1-2,4-5,13H,3,6-11H2,(H,20,21). The molecule has 1 aliphatic rings. The van der Waals surface area contributed by atoms with Gasteiger partial charge in [-0.25, -0.2) is 4.39 Å². The molecule has 0 bridgehead atoms. The maximum Gasteiger partial charge on any atom is 0.323 e. The first-order chi connectivity index (χ1) is 10.5. The normalized spacial score (nSPS) is 17.4. The third-order valence-electron chi connectivity index (χ3n) is 3.76. The summed E-state index contributed by atoms with van der Waals surface area (Å²) in [4.78, 5) is 24.5. The first-order valence-electron chi connectivity index (χ1n) is 7.36. The Balaban J connectivity index is 1.93. The summed E-state index contributed by atoms with van der Waals surface area (Å²) >= 11 is 0. The first kappa shape index (κ1) is 16.4. The van der Waals surface area contributed by atoms with Crippen molar-refractivity contribution in [1.29, 1.82) is 0 Å². The van der Waals surface area contributed by atoms with E-state index in [-0.39, 0.29) is 24.8 Å². The van der Waals surface area contributed by atoms with E-state index in [1.165, 1.54) is 17.0 Å². The monoisotopic (exact) mass is 309 g/mol. The summed E-state index contributed by atoms with van der Waals surface area (Å²) < 4.78 is 18.2. The Morgan fingerprint density at radius 1 is 1.32 bits per heavy atom. The summed E-state index contributed by atoms with van der Waals surface area (Å²) in [5.41, 5.74) is 0.709. The number of hydrogen-bond donors (Lipinski definition) is 1. The van der Waals surface area contributed by atoms with Gasteiger partial charge < -0.3 is 14.7 Å². The second-order valence-corrected chi connectivity index (χ2v) is 5.54. The lowest BCUT2D eigenvalue weighted by Gasteiger charge is -2.21. The quantitative estimate of drug-likeness (QED) is 0.837. The number of carboxylic acids is 1. The van der Waals surface area contributed by atoms with Gasteiger partial charge in [0.2, 0.25) is 5.91 Å². The van der Waals surface area contributed by atoms with Gasteiger partial charge in [0.15, 0.2) is 0 Å². The number of aliphatic carboxylic acids is 1. The van der Waals surface area contributed by atoms with Gasteiger partial charge >= 0.3 is 5.97 Å². The molecule has 120 valence electrons. The van der Waals surface area contributed by atoms with E-state index in [2.05, 4.69) is 0 Å². The molecule has 1 unspecified atom stereocenters. The number of rotatable bonds is 7. The Bertz CT molecular complexity index is 511. The van der Waals surface area contributed by atoms with E-state index in [4.69, 9.17) is 9.84 Å². The number of hydrogen-bond acceptors (Lipinski definition) is 3. The molecule has 5 nitrogen and oxygen atoms in total. The molecule has 0 spiro atoms. The van der Waals surface area contributed by atoms with Crippen LogP contribution in [0.3, 0.4) is 0 Å². The SMILES string of the molecule is O=C(O)CN(Cc1ccc(F)cc1)C(=O)CCC1CCOC1. The van der Waals surface area contributed by atoms with E-state index in [0.717, 1.165) is 13.0 Å². The van der Waals surface area contributed by atoms with E-state index >= 15 is 0 Å². The third kappa shape index (κ3) is 5.11. The molecule has 22 heavy (non-hydrogen) atoms. The van der Waals surface area contributed by atoms with Gasteiger partial charge in [-0.15, -0.1) is 0 Å². The molecule has 0 radical (unpaired) electrons. The van der Waals surface area contributed by atoms with Gasteiger partial charge in [-0.05, 0) is 36.5 Å². The van der Waals surface area contributed by atoms with Crippen molar-refractivity contribution in [2.75, 3.05) is 19.8 Å². The second-order valence-electron chi connectivity index (χ2n) is 5.54. The van der Waals surface area contributed by atoms with Gasteiger partial charge in [-0.1, -0.05) is 12.1 Å². The summed E-state index contributed by atoms with van der Waals surface area (Å²) in [5.74, 6) is -1.24. The van der Waals surface area contributed by atoms with Crippen molar-refractivity contribution < 1.29 is 23.8 Å². The van der Waals surface area contributed by atoms with Crippen LogP contribution < -0.4 is 0 Å². The van der Waals surface area contributed by atoms with E-state index in [1.54, 1.807) is 12.1 Å². The zero-order valence-corrected chi connectivity index (χ0v) is 12.3. The lowest BCUT2D eigenvalue weighted by Crippen LogP contribution is -2.35. The molecule has 1 heterocycles. The van der Waals surface area contributed by atoms with Crippen LogP contribution in [0.15, 0.2) is 24.3 Å². The van der Waals surface area contributed by atoms with Crippen LogP contribution in [0, 0.1) is 11.7 Å². The van der Waals surface area contributed by atoms with Crippen molar-refractivity contribution in [2.45, 2.75) is 25.8 Å². The van der Waals surface area contributed by atoms with Crippen LogP contribution >= 0.6 is 0 Å². The van der Waals surface area contributed by atoms with Crippen molar-refractivity contribution in [3.63, 3.8) is 0 Å². The average molecular weight is 309 g/mol. The molecule has 1 amide bonds. The van der Waals surface area contributed by atoms with E-state index in [0.29, 0.717) is 30.9 Å². The minimum absolute atomic E-state index is 0.173. The van der Waals surface area contributed by atoms with E-state index in [1.807, 2.05) is 0 Å². The van der Waals surface area contributed by atoms with Gasteiger partial charge in [0.25, 0.3) is 0 Å². The number of carbonyl (C=O) groups excluding carboxylic acids is 1. The topological polar surface area (TPSA) is 66.8 Å². The average Bonchev–Trinajstić information content (AvgIpc) is 2.99. The van der Waals surface area contributed by atoms with Crippen LogP contribution in [-0.4, -0.2) is 41.6 Å². The molecule has 0 saturated carbocycles.